The van der Waals surface area contributed by atoms with Gasteiger partial charge in [-0.3, -0.25) is 9.59 Å². The smallest absolute Gasteiger partial charge is 0.328 e. The number of nitrogens with two attached hydrogens (primary N) is 1. The Morgan fingerprint density at radius 2 is 1.75 bits per heavy atom. The van der Waals surface area contributed by atoms with Crippen molar-refractivity contribution >= 4 is 29.4 Å². The predicted molar refractivity (Wildman–Crippen MR) is 122 cm³/mol. The Morgan fingerprint density at radius 3 is 2.25 bits per heavy atom. The summed E-state index contributed by atoms with van der Waals surface area (Å²) in [7, 11) is 0. The Morgan fingerprint density at radius 1 is 1.12 bits per heavy atom. The highest BCUT2D eigenvalue weighted by Gasteiger charge is 2.30. The maximum Gasteiger partial charge on any atom is 0.328 e. The summed E-state index contributed by atoms with van der Waals surface area (Å²) in [6.45, 7) is 9.07. The highest BCUT2D eigenvalue weighted by Crippen LogP contribution is 2.24. The standard InChI is InChI=1S/C22H34ClN3O6/c1-11(2)8-17(21(29)26-19(13(5)27)22(30)31)25-20(28)15-9-14(23)6-7-18(15)32-10-16(24)12(3)4/h6-7,9,11-13,16-17,19,27H,8,10,24H2,1-5H3,(H,25,28)(H,26,29)(H,30,31)/t13-,16-,17+,19+/m1/s1. The second kappa shape index (κ2) is 12.6. The summed E-state index contributed by atoms with van der Waals surface area (Å²) in [5, 5.41) is 24.1. The molecule has 4 atom stereocenters. The number of hydrogen-bond donors (Lipinski definition) is 5. The van der Waals surface area contributed by atoms with E-state index in [1.165, 1.54) is 13.0 Å². The van der Waals surface area contributed by atoms with Gasteiger partial charge >= 0.3 is 5.97 Å². The number of rotatable bonds is 12. The van der Waals surface area contributed by atoms with Crippen molar-refractivity contribution in [3.8, 4) is 5.75 Å². The molecule has 0 spiro atoms. The quantitative estimate of drug-likeness (QED) is 0.311. The summed E-state index contributed by atoms with van der Waals surface area (Å²) in [6, 6.07) is 1.77. The first-order valence-electron chi connectivity index (χ1n) is 10.5. The molecule has 0 unspecified atom stereocenters. The van der Waals surface area contributed by atoms with Gasteiger partial charge in [-0.15, -0.1) is 0 Å². The number of carboxylic acids is 1. The Bertz CT molecular complexity index is 800. The molecule has 2 amide bonds. The van der Waals surface area contributed by atoms with Crippen molar-refractivity contribution in [1.82, 2.24) is 10.6 Å². The van der Waals surface area contributed by atoms with Crippen LogP contribution in [0.5, 0.6) is 5.75 Å². The molecular weight excluding hydrogens is 438 g/mol. The average Bonchev–Trinajstić information content (AvgIpc) is 2.68. The average molecular weight is 472 g/mol. The molecule has 9 nitrogen and oxygen atoms in total. The Balaban J connectivity index is 3.08. The van der Waals surface area contributed by atoms with Gasteiger partial charge in [-0.1, -0.05) is 39.3 Å². The first-order valence-corrected chi connectivity index (χ1v) is 10.9. The third-order valence-corrected chi connectivity index (χ3v) is 5.08. The van der Waals surface area contributed by atoms with Gasteiger partial charge in [0.2, 0.25) is 5.91 Å². The first kappa shape index (κ1) is 27.7. The van der Waals surface area contributed by atoms with Gasteiger partial charge in [0.25, 0.3) is 5.91 Å². The van der Waals surface area contributed by atoms with Crippen LogP contribution >= 0.6 is 11.6 Å². The number of benzene rings is 1. The molecule has 10 heteroatoms. The van der Waals surface area contributed by atoms with Crippen LogP contribution in [0.2, 0.25) is 5.02 Å². The zero-order valence-electron chi connectivity index (χ0n) is 19.1. The molecule has 0 aliphatic rings. The van der Waals surface area contributed by atoms with E-state index >= 15 is 0 Å². The van der Waals surface area contributed by atoms with Gasteiger partial charge < -0.3 is 31.3 Å². The summed E-state index contributed by atoms with van der Waals surface area (Å²) in [5.74, 6) is -2.25. The highest BCUT2D eigenvalue weighted by atomic mass is 35.5. The van der Waals surface area contributed by atoms with Gasteiger partial charge in [0.05, 0.1) is 11.7 Å². The Kier molecular flexibility index (Phi) is 10.9. The highest BCUT2D eigenvalue weighted by molar-refractivity contribution is 6.31. The topological polar surface area (TPSA) is 151 Å². The maximum absolute atomic E-state index is 13.0. The lowest BCUT2D eigenvalue weighted by atomic mass is 10.0. The minimum absolute atomic E-state index is 0.0139. The number of amides is 2. The van der Waals surface area contributed by atoms with Crippen molar-refractivity contribution in [2.45, 2.75) is 65.3 Å². The summed E-state index contributed by atoms with van der Waals surface area (Å²) in [4.78, 5) is 37.1. The van der Waals surface area contributed by atoms with Crippen molar-refractivity contribution in [2.75, 3.05) is 6.61 Å². The van der Waals surface area contributed by atoms with Crippen LogP contribution < -0.4 is 21.1 Å². The van der Waals surface area contributed by atoms with E-state index in [0.29, 0.717) is 5.02 Å². The number of hydrogen-bond acceptors (Lipinski definition) is 6. The molecule has 0 radical (unpaired) electrons. The molecule has 180 valence electrons. The zero-order valence-corrected chi connectivity index (χ0v) is 19.8. The van der Waals surface area contributed by atoms with Crippen molar-refractivity contribution < 1.29 is 29.3 Å². The van der Waals surface area contributed by atoms with E-state index in [1.54, 1.807) is 12.1 Å². The van der Waals surface area contributed by atoms with Crippen LogP contribution in [0.3, 0.4) is 0 Å². The number of aliphatic hydroxyl groups is 1. The number of carbonyl (C=O) groups is 3. The number of ether oxygens (including phenoxy) is 1. The van der Waals surface area contributed by atoms with E-state index in [1.807, 2.05) is 27.7 Å². The molecule has 0 bridgehead atoms. The zero-order chi connectivity index (χ0) is 24.6. The summed E-state index contributed by atoms with van der Waals surface area (Å²) in [5.41, 5.74) is 6.14. The molecule has 0 heterocycles. The van der Waals surface area contributed by atoms with Crippen molar-refractivity contribution in [3.63, 3.8) is 0 Å². The fraction of sp³-hybridized carbons (Fsp3) is 0.591. The number of halogens is 1. The van der Waals surface area contributed by atoms with E-state index < -0.39 is 36.0 Å². The van der Waals surface area contributed by atoms with Gasteiger partial charge in [-0.05, 0) is 43.4 Å². The molecule has 1 rings (SSSR count). The largest absolute Gasteiger partial charge is 0.491 e. The fourth-order valence-electron chi connectivity index (χ4n) is 2.77. The van der Waals surface area contributed by atoms with Gasteiger partial charge in [0, 0.05) is 11.1 Å². The van der Waals surface area contributed by atoms with Crippen LogP contribution in [0, 0.1) is 11.8 Å². The molecule has 6 N–H and O–H groups in total. The molecule has 0 aliphatic carbocycles. The second-order valence-electron chi connectivity index (χ2n) is 8.58. The lowest BCUT2D eigenvalue weighted by molar-refractivity contribution is -0.145. The summed E-state index contributed by atoms with van der Waals surface area (Å²) in [6.07, 6.45) is -1.07. The maximum atomic E-state index is 13.0. The number of carbonyl (C=O) groups excluding carboxylic acids is 2. The third-order valence-electron chi connectivity index (χ3n) is 4.85. The van der Waals surface area contributed by atoms with Gasteiger partial charge in [0.15, 0.2) is 6.04 Å². The van der Waals surface area contributed by atoms with Crippen LogP contribution in [0.15, 0.2) is 18.2 Å². The predicted octanol–water partition coefficient (Wildman–Crippen LogP) is 1.80. The minimum Gasteiger partial charge on any atom is -0.491 e. The minimum atomic E-state index is -1.50. The number of aliphatic hydroxyl groups excluding tert-OH is 1. The van der Waals surface area contributed by atoms with Crippen LogP contribution in [0.25, 0.3) is 0 Å². The van der Waals surface area contributed by atoms with Gasteiger partial charge in [-0.25, -0.2) is 4.79 Å². The van der Waals surface area contributed by atoms with Crippen molar-refractivity contribution in [2.24, 2.45) is 17.6 Å². The molecule has 1 aromatic carbocycles. The van der Waals surface area contributed by atoms with Crippen LogP contribution in [-0.2, 0) is 9.59 Å². The molecule has 0 saturated carbocycles. The van der Waals surface area contributed by atoms with E-state index in [2.05, 4.69) is 10.6 Å². The molecule has 0 aromatic heterocycles. The number of carboxylic acid groups (broad SMARTS) is 1. The molecule has 0 fully saturated rings. The van der Waals surface area contributed by atoms with E-state index in [9.17, 15) is 24.6 Å². The molecule has 32 heavy (non-hydrogen) atoms. The monoisotopic (exact) mass is 471 g/mol. The number of aliphatic carboxylic acids is 1. The second-order valence-corrected chi connectivity index (χ2v) is 9.02. The van der Waals surface area contributed by atoms with Crippen LogP contribution in [0.4, 0.5) is 0 Å². The lowest BCUT2D eigenvalue weighted by Crippen LogP contribution is -2.55. The lowest BCUT2D eigenvalue weighted by Gasteiger charge is -2.24. The fourth-order valence-corrected chi connectivity index (χ4v) is 2.94. The van der Waals surface area contributed by atoms with Crippen molar-refractivity contribution in [1.29, 1.82) is 0 Å². The first-order chi connectivity index (χ1) is 14.8. The normalized spacial score (nSPS) is 15.1. The third kappa shape index (κ3) is 8.64. The van der Waals surface area contributed by atoms with Crippen LogP contribution in [-0.4, -0.2) is 58.8 Å². The van der Waals surface area contributed by atoms with E-state index in [0.717, 1.165) is 0 Å². The molecular formula is C22H34ClN3O6. The number of nitrogens with one attached hydrogen (secondary N) is 2. The van der Waals surface area contributed by atoms with E-state index in [4.69, 9.17) is 22.1 Å². The SMILES string of the molecule is CC(C)C[C@H](NC(=O)c1cc(Cl)ccc1OC[C@@H](N)C(C)C)C(=O)N[C@H](C(=O)O)[C@@H](C)O. The summed E-state index contributed by atoms with van der Waals surface area (Å²) < 4.78 is 5.73. The molecule has 1 aromatic rings. The van der Waals surface area contributed by atoms with Crippen molar-refractivity contribution in [3.05, 3.63) is 28.8 Å². The van der Waals surface area contributed by atoms with E-state index in [-0.39, 0.29) is 42.2 Å². The van der Waals surface area contributed by atoms with Gasteiger partial charge in [-0.2, -0.15) is 0 Å². The molecule has 0 saturated heterocycles. The van der Waals surface area contributed by atoms with Crippen LogP contribution in [0.1, 0.15) is 51.4 Å². The Hall–Kier alpha value is -2.36. The summed E-state index contributed by atoms with van der Waals surface area (Å²) >= 11 is 6.06. The molecule has 0 aliphatic heterocycles. The van der Waals surface area contributed by atoms with Gasteiger partial charge in [0.1, 0.15) is 18.4 Å². The Labute approximate surface area is 193 Å².